The highest BCUT2D eigenvalue weighted by Crippen LogP contribution is 2.34. The van der Waals surface area contributed by atoms with Crippen molar-refractivity contribution in [2.45, 2.75) is 39.0 Å². The van der Waals surface area contributed by atoms with Crippen LogP contribution < -0.4 is 5.73 Å². The molecule has 0 spiro atoms. The van der Waals surface area contributed by atoms with Gasteiger partial charge in [-0.3, -0.25) is 23.8 Å². The Morgan fingerprint density at radius 3 is 2.29 bits per heavy atom. The van der Waals surface area contributed by atoms with E-state index in [1.54, 1.807) is 44.3 Å². The van der Waals surface area contributed by atoms with Gasteiger partial charge in [0.05, 0.1) is 34.2 Å². The second kappa shape index (κ2) is 12.6. The molecule has 7 rings (SSSR count). The first-order chi connectivity index (χ1) is 23.1. The first-order valence-electron chi connectivity index (χ1n) is 15.4. The predicted octanol–water partition coefficient (Wildman–Crippen LogP) is 5.70. The molecule has 3 N–H and O–H groups in total. The Morgan fingerprint density at radius 2 is 1.62 bits per heavy atom. The molecule has 0 aliphatic carbocycles. The number of nitrogens with zero attached hydrogens (tertiary/aromatic N) is 7. The third-order valence-corrected chi connectivity index (χ3v) is 10.3. The number of nitrogens with two attached hydrogens (primary N) is 1. The van der Waals surface area contributed by atoms with Crippen LogP contribution in [-0.4, -0.2) is 76.5 Å². The van der Waals surface area contributed by atoms with E-state index in [4.69, 9.17) is 15.5 Å². The van der Waals surface area contributed by atoms with Crippen LogP contribution in [-0.2, 0) is 24.3 Å². The molecular formula is C33H34N8O5S2. The smallest absolute Gasteiger partial charge is 0.410 e. The summed E-state index contributed by atoms with van der Waals surface area (Å²) in [5.41, 5.74) is 11.1. The Bertz CT molecular complexity index is 2140. The summed E-state index contributed by atoms with van der Waals surface area (Å²) in [6.45, 7) is 6.71. The summed E-state index contributed by atoms with van der Waals surface area (Å²) >= 11 is 2.95. The molecule has 6 aromatic rings. The van der Waals surface area contributed by atoms with E-state index in [0.29, 0.717) is 60.2 Å². The number of hydrogen-bond donors (Lipinski definition) is 2. The zero-order valence-corrected chi connectivity index (χ0v) is 28.0. The molecule has 248 valence electrons. The van der Waals surface area contributed by atoms with Crippen LogP contribution in [0.25, 0.3) is 32.4 Å². The minimum absolute atomic E-state index is 0.0692. The van der Waals surface area contributed by atoms with Crippen LogP contribution in [0.2, 0.25) is 0 Å². The molecule has 13 nitrogen and oxygen atoms in total. The van der Waals surface area contributed by atoms with E-state index in [1.165, 1.54) is 17.4 Å². The maximum Gasteiger partial charge on any atom is 0.410 e. The molecule has 1 amide bonds. The number of amides is 1. The van der Waals surface area contributed by atoms with Gasteiger partial charge in [0.15, 0.2) is 9.92 Å². The maximum atomic E-state index is 13.3. The van der Waals surface area contributed by atoms with E-state index in [0.717, 1.165) is 34.0 Å². The van der Waals surface area contributed by atoms with Crippen molar-refractivity contribution < 1.29 is 19.6 Å². The zero-order chi connectivity index (χ0) is 33.6. The van der Waals surface area contributed by atoms with Gasteiger partial charge in [-0.1, -0.05) is 24.3 Å². The number of nitro benzene ring substituents is 1. The second-order valence-corrected chi connectivity index (χ2v) is 14.1. The number of benzene rings is 2. The molecule has 2 aromatic carbocycles. The monoisotopic (exact) mass is 686 g/mol. The number of nitro groups is 1. The van der Waals surface area contributed by atoms with Gasteiger partial charge in [-0.25, -0.2) is 14.8 Å². The van der Waals surface area contributed by atoms with Crippen LogP contribution in [0.4, 0.5) is 16.2 Å². The molecule has 1 aliphatic rings. The molecule has 1 aliphatic heterocycles. The van der Waals surface area contributed by atoms with E-state index in [2.05, 4.69) is 19.7 Å². The molecular weight excluding hydrogens is 653 g/mol. The van der Waals surface area contributed by atoms with Gasteiger partial charge >= 0.3 is 6.09 Å². The quantitative estimate of drug-likeness (QED) is 0.111. The molecule has 1 saturated heterocycles. The number of piperazine rings is 1. The van der Waals surface area contributed by atoms with Crippen molar-refractivity contribution in [3.8, 4) is 22.5 Å². The van der Waals surface area contributed by atoms with E-state index in [1.807, 2.05) is 44.3 Å². The highest BCUT2D eigenvalue weighted by molar-refractivity contribution is 7.15. The van der Waals surface area contributed by atoms with Crippen molar-refractivity contribution in [2.24, 2.45) is 0 Å². The van der Waals surface area contributed by atoms with Crippen molar-refractivity contribution in [2.75, 3.05) is 31.9 Å². The van der Waals surface area contributed by atoms with E-state index in [-0.39, 0.29) is 18.4 Å². The van der Waals surface area contributed by atoms with Gasteiger partial charge in [-0.15, -0.1) is 22.7 Å². The molecule has 5 heterocycles. The number of ether oxygens (including phenoxy) is 1. The number of rotatable bonds is 9. The predicted molar refractivity (Wildman–Crippen MR) is 185 cm³/mol. The number of fused-ring (bicyclic) bond motifs is 2. The number of imidazole rings is 2. The lowest BCUT2D eigenvalue weighted by molar-refractivity contribution is -0.384. The summed E-state index contributed by atoms with van der Waals surface area (Å²) in [6.07, 6.45) is 3.69. The standard InChI is InChI=1S/C33H34N8O5S2/c1-33(2,14-21-7-8-29(41(44)45)25(13-21)28-17-40-23(18-42)20-48-31(40)36-28)46-32(43)38-11-9-37(10-12-38)15-22-19-47-30-35-27(16-39(22)30)24-5-3-4-6-26(24)34/h3-8,13,16-17,19-20,42H,9-12,14-15,18,34H2,1-2H3. The van der Waals surface area contributed by atoms with E-state index >= 15 is 0 Å². The highest BCUT2D eigenvalue weighted by atomic mass is 32.1. The van der Waals surface area contributed by atoms with Crippen LogP contribution in [0.1, 0.15) is 30.8 Å². The fourth-order valence-corrected chi connectivity index (χ4v) is 7.81. The summed E-state index contributed by atoms with van der Waals surface area (Å²) in [7, 11) is 0. The summed E-state index contributed by atoms with van der Waals surface area (Å²) in [4.78, 5) is 39.6. The number of aliphatic hydroxyl groups excluding tert-OH is 1. The number of carbonyl (C=O) groups excluding carboxylic acids is 1. The van der Waals surface area contributed by atoms with Gasteiger partial charge in [0, 0.05) is 85.3 Å². The number of hydrogen-bond acceptors (Lipinski definition) is 11. The van der Waals surface area contributed by atoms with Crippen LogP contribution in [0.3, 0.4) is 0 Å². The molecule has 48 heavy (non-hydrogen) atoms. The van der Waals surface area contributed by atoms with Crippen molar-refractivity contribution >= 4 is 50.1 Å². The number of carbonyl (C=O) groups is 1. The lowest BCUT2D eigenvalue weighted by Gasteiger charge is -2.36. The lowest BCUT2D eigenvalue weighted by atomic mass is 9.95. The van der Waals surface area contributed by atoms with Gasteiger partial charge in [-0.2, -0.15) is 0 Å². The van der Waals surface area contributed by atoms with Crippen molar-refractivity contribution in [1.82, 2.24) is 28.6 Å². The van der Waals surface area contributed by atoms with Gasteiger partial charge in [0.2, 0.25) is 0 Å². The number of anilines is 1. The average molecular weight is 687 g/mol. The molecule has 4 aromatic heterocycles. The molecule has 0 radical (unpaired) electrons. The number of thiazole rings is 2. The van der Waals surface area contributed by atoms with Gasteiger partial charge < -0.3 is 20.5 Å². The van der Waals surface area contributed by atoms with Crippen LogP contribution in [0, 0.1) is 10.1 Å². The van der Waals surface area contributed by atoms with Crippen LogP contribution >= 0.6 is 22.7 Å². The largest absolute Gasteiger partial charge is 0.443 e. The SMILES string of the molecule is CC(C)(Cc1ccc([N+](=O)[O-])c(-c2cn3c(CO)csc3n2)c1)OC(=O)N1CCN(Cc2csc3nc(-c4ccccc4N)cn23)CC1. The lowest BCUT2D eigenvalue weighted by Crippen LogP contribution is -2.50. The summed E-state index contributed by atoms with van der Waals surface area (Å²) in [5, 5.41) is 25.4. The molecule has 0 saturated carbocycles. The topological polar surface area (TPSA) is 157 Å². The minimum atomic E-state index is -0.871. The number of nitrogen functional groups attached to an aromatic ring is 1. The summed E-state index contributed by atoms with van der Waals surface area (Å²) in [5.74, 6) is 0. The molecule has 0 unspecified atom stereocenters. The second-order valence-electron chi connectivity index (χ2n) is 12.4. The number of aliphatic hydroxyl groups is 1. The third-order valence-electron chi connectivity index (χ3n) is 8.51. The fraction of sp³-hybridized carbons (Fsp3) is 0.303. The summed E-state index contributed by atoms with van der Waals surface area (Å²) in [6, 6.07) is 12.6. The first kappa shape index (κ1) is 31.8. The van der Waals surface area contributed by atoms with Crippen molar-refractivity contribution in [1.29, 1.82) is 0 Å². The molecule has 15 heteroatoms. The Labute approximate surface area is 283 Å². The Balaban J connectivity index is 0.979. The fourth-order valence-electron chi connectivity index (χ4n) is 6.08. The van der Waals surface area contributed by atoms with Crippen molar-refractivity contribution in [3.05, 3.63) is 92.7 Å². The van der Waals surface area contributed by atoms with Crippen LogP contribution in [0.5, 0.6) is 0 Å². The Kier molecular flexibility index (Phi) is 8.37. The Morgan fingerprint density at radius 1 is 0.979 bits per heavy atom. The van der Waals surface area contributed by atoms with Gasteiger partial charge in [0.25, 0.3) is 5.69 Å². The average Bonchev–Trinajstić information content (AvgIpc) is 3.83. The van der Waals surface area contributed by atoms with Crippen LogP contribution in [0.15, 0.2) is 65.6 Å². The summed E-state index contributed by atoms with van der Waals surface area (Å²) < 4.78 is 9.84. The highest BCUT2D eigenvalue weighted by Gasteiger charge is 2.30. The van der Waals surface area contributed by atoms with Crippen molar-refractivity contribution in [3.63, 3.8) is 0 Å². The first-order valence-corrected chi connectivity index (χ1v) is 17.2. The molecule has 0 bridgehead atoms. The van der Waals surface area contributed by atoms with Gasteiger partial charge in [-0.05, 0) is 31.5 Å². The normalized spacial score (nSPS) is 14.3. The van der Waals surface area contributed by atoms with E-state index < -0.39 is 10.5 Å². The zero-order valence-electron chi connectivity index (χ0n) is 26.4. The third kappa shape index (κ3) is 6.24. The van der Waals surface area contributed by atoms with Gasteiger partial charge in [0.1, 0.15) is 5.60 Å². The maximum absolute atomic E-state index is 13.3. The number of aromatic nitrogens is 4. The van der Waals surface area contributed by atoms with E-state index in [9.17, 15) is 20.0 Å². The Hall–Kier alpha value is -4.83. The number of para-hydroxylation sites is 1. The molecule has 0 atom stereocenters. The molecule has 1 fully saturated rings. The minimum Gasteiger partial charge on any atom is -0.443 e.